The molecule has 0 bridgehead atoms. The van der Waals surface area contributed by atoms with Crippen LogP contribution >= 0.6 is 0 Å². The van der Waals surface area contributed by atoms with Crippen molar-refractivity contribution in [1.29, 1.82) is 0 Å². The predicted octanol–water partition coefficient (Wildman–Crippen LogP) is 18.0. The average molecular weight is 851 g/mol. The maximum atomic E-state index is 2.50. The van der Waals surface area contributed by atoms with Crippen LogP contribution in [0.15, 0.2) is 200 Å². The highest BCUT2D eigenvalue weighted by molar-refractivity contribution is 6.23. The molecular weight excluding hydrogens is 797 g/mol. The first-order valence-corrected chi connectivity index (χ1v) is 23.5. The number of hydrogen-bond acceptors (Lipinski definition) is 2. The zero-order valence-corrected chi connectivity index (χ0v) is 38.9. The summed E-state index contributed by atoms with van der Waals surface area (Å²) in [5, 5.41) is 7.39. The van der Waals surface area contributed by atoms with Crippen LogP contribution in [0.4, 0.5) is 34.1 Å². The highest BCUT2D eigenvalue weighted by Gasteiger charge is 2.38. The Morgan fingerprint density at radius 2 is 0.712 bits per heavy atom. The number of hydrogen-bond donors (Lipinski definition) is 0. The Labute approximate surface area is 389 Å². The van der Waals surface area contributed by atoms with Gasteiger partial charge >= 0.3 is 0 Å². The Kier molecular flexibility index (Phi) is 8.84. The largest absolute Gasteiger partial charge is 0.310 e. The average Bonchev–Trinajstić information content (AvgIpc) is 3.33. The normalized spacial score (nSPS) is 14.8. The van der Waals surface area contributed by atoms with Gasteiger partial charge in [-0.25, -0.2) is 0 Å². The molecule has 2 aliphatic rings. The summed E-state index contributed by atoms with van der Waals surface area (Å²) < 4.78 is 0. The Morgan fingerprint density at radius 3 is 1.15 bits per heavy atom. The van der Waals surface area contributed by atoms with Crippen LogP contribution in [0.5, 0.6) is 0 Å². The second-order valence-electron chi connectivity index (χ2n) is 20.6. The van der Waals surface area contributed by atoms with Gasteiger partial charge in [0.1, 0.15) is 0 Å². The van der Waals surface area contributed by atoms with Crippen LogP contribution in [0.25, 0.3) is 54.6 Å². The summed E-state index contributed by atoms with van der Waals surface area (Å²) in [5.74, 6) is 0. The van der Waals surface area contributed by atoms with E-state index in [1.807, 2.05) is 0 Å². The molecule has 0 aromatic heterocycles. The number of benzene rings is 10. The van der Waals surface area contributed by atoms with E-state index in [-0.39, 0.29) is 16.2 Å². The Hall–Kier alpha value is -7.42. The van der Waals surface area contributed by atoms with Crippen molar-refractivity contribution in [1.82, 2.24) is 0 Å². The van der Waals surface area contributed by atoms with Crippen molar-refractivity contribution in [2.24, 2.45) is 0 Å². The first-order valence-electron chi connectivity index (χ1n) is 23.5. The molecule has 12 rings (SSSR count). The van der Waals surface area contributed by atoms with Gasteiger partial charge in [-0.2, -0.15) is 0 Å². The van der Waals surface area contributed by atoms with Gasteiger partial charge in [-0.15, -0.1) is 0 Å². The SMILES string of the molecule is CC(C)(C)c1ccc(-c2c3ccc(N4c5ccccc5C(C)(C)c5ccccc54)cc3c(-c3ccc4ccccc4c3)c3ccc(N4c5ccccc5C(C)(C)c5ccccc54)cc23)cc1. The third-order valence-corrected chi connectivity index (χ3v) is 15.0. The molecule has 66 heavy (non-hydrogen) atoms. The van der Waals surface area contributed by atoms with Crippen molar-refractivity contribution in [3.05, 3.63) is 228 Å². The fourth-order valence-electron chi connectivity index (χ4n) is 11.5. The summed E-state index contributed by atoms with van der Waals surface area (Å²) in [5.41, 5.74) is 18.5. The lowest BCUT2D eigenvalue weighted by atomic mass is 9.73. The number of nitrogens with zero attached hydrogens (tertiary/aromatic N) is 2. The van der Waals surface area contributed by atoms with Crippen molar-refractivity contribution >= 4 is 66.4 Å². The van der Waals surface area contributed by atoms with Crippen molar-refractivity contribution in [3.8, 4) is 22.3 Å². The summed E-state index contributed by atoms with van der Waals surface area (Å²) in [4.78, 5) is 4.99. The van der Waals surface area contributed by atoms with Crippen LogP contribution in [0.3, 0.4) is 0 Å². The topological polar surface area (TPSA) is 6.48 Å². The van der Waals surface area contributed by atoms with Crippen molar-refractivity contribution < 1.29 is 0 Å². The van der Waals surface area contributed by atoms with Gasteiger partial charge < -0.3 is 9.80 Å². The van der Waals surface area contributed by atoms with Gasteiger partial charge in [-0.3, -0.25) is 0 Å². The minimum absolute atomic E-state index is 0.0308. The van der Waals surface area contributed by atoms with E-state index in [0.29, 0.717) is 0 Å². The fourth-order valence-corrected chi connectivity index (χ4v) is 11.5. The molecule has 0 saturated heterocycles. The zero-order valence-electron chi connectivity index (χ0n) is 38.9. The summed E-state index contributed by atoms with van der Waals surface area (Å²) in [7, 11) is 0. The third kappa shape index (κ3) is 6.01. The maximum Gasteiger partial charge on any atom is 0.0502 e. The molecule has 0 radical (unpaired) electrons. The van der Waals surface area contributed by atoms with Crippen LogP contribution in [-0.4, -0.2) is 0 Å². The molecule has 2 heterocycles. The van der Waals surface area contributed by atoms with E-state index in [1.54, 1.807) is 0 Å². The molecule has 0 fully saturated rings. The summed E-state index contributed by atoms with van der Waals surface area (Å²) in [6.45, 7) is 16.3. The molecule has 10 aromatic rings. The first-order chi connectivity index (χ1) is 31.9. The van der Waals surface area contributed by atoms with Crippen LogP contribution in [0.1, 0.15) is 76.3 Å². The van der Waals surface area contributed by atoms with Gasteiger partial charge in [0, 0.05) is 22.2 Å². The molecule has 0 atom stereocenters. The molecule has 0 aliphatic carbocycles. The summed E-state index contributed by atoms with van der Waals surface area (Å²) in [6.07, 6.45) is 0. The second-order valence-corrected chi connectivity index (χ2v) is 20.6. The zero-order chi connectivity index (χ0) is 45.1. The number of para-hydroxylation sites is 4. The smallest absolute Gasteiger partial charge is 0.0502 e. The molecule has 0 N–H and O–H groups in total. The molecule has 0 amide bonds. The molecule has 0 saturated carbocycles. The molecule has 10 aromatic carbocycles. The monoisotopic (exact) mass is 850 g/mol. The lowest BCUT2D eigenvalue weighted by Crippen LogP contribution is -2.30. The maximum absolute atomic E-state index is 2.50. The standard InChI is InChI=1S/C64H54N2/c1-62(2,3)45-32-30-42(31-33-45)60-48-36-34-47(66-58-26-16-12-22-54(58)64(6,7)55-23-13-17-27-59(55)66)40-51(48)61(44-29-28-41-18-8-9-19-43(41)38-44)49-37-35-46(39-50(49)60)65-56-24-14-10-20-52(56)63(4,5)53-21-11-15-25-57(53)65/h8-40H,1-7H3. The molecule has 2 aliphatic heterocycles. The predicted molar refractivity (Wildman–Crippen MR) is 282 cm³/mol. The summed E-state index contributed by atoms with van der Waals surface area (Å²) in [6, 6.07) is 75.6. The summed E-state index contributed by atoms with van der Waals surface area (Å²) >= 11 is 0. The van der Waals surface area contributed by atoms with Gasteiger partial charge in [0.25, 0.3) is 0 Å². The van der Waals surface area contributed by atoms with Gasteiger partial charge in [0.15, 0.2) is 0 Å². The van der Waals surface area contributed by atoms with E-state index in [9.17, 15) is 0 Å². The molecule has 2 heteroatoms. The number of fused-ring (bicyclic) bond motifs is 7. The van der Waals surface area contributed by atoms with Crippen LogP contribution in [0, 0.1) is 0 Å². The number of anilines is 6. The molecule has 0 spiro atoms. The fraction of sp³-hybridized carbons (Fsp3) is 0.156. The van der Waals surface area contributed by atoms with Gasteiger partial charge in [-0.05, 0) is 142 Å². The third-order valence-electron chi connectivity index (χ3n) is 15.0. The first kappa shape index (κ1) is 40.1. The molecular formula is C64H54N2. The van der Waals surface area contributed by atoms with Gasteiger partial charge in [0.05, 0.1) is 22.7 Å². The highest BCUT2D eigenvalue weighted by Crippen LogP contribution is 2.55. The molecule has 320 valence electrons. The highest BCUT2D eigenvalue weighted by atomic mass is 15.2. The van der Waals surface area contributed by atoms with Crippen molar-refractivity contribution in [2.75, 3.05) is 9.80 Å². The van der Waals surface area contributed by atoms with Crippen LogP contribution < -0.4 is 9.80 Å². The van der Waals surface area contributed by atoms with Crippen molar-refractivity contribution in [2.45, 2.75) is 64.7 Å². The molecule has 0 unspecified atom stereocenters. The Bertz CT molecular complexity index is 3480. The van der Waals surface area contributed by atoms with Gasteiger partial charge in [0.2, 0.25) is 0 Å². The minimum Gasteiger partial charge on any atom is -0.310 e. The van der Waals surface area contributed by atoms with Crippen molar-refractivity contribution in [3.63, 3.8) is 0 Å². The van der Waals surface area contributed by atoms with E-state index >= 15 is 0 Å². The van der Waals surface area contributed by atoms with Crippen LogP contribution in [-0.2, 0) is 16.2 Å². The number of rotatable bonds is 4. The van der Waals surface area contributed by atoms with E-state index in [1.165, 1.54) is 105 Å². The lowest BCUT2D eigenvalue weighted by molar-refractivity contribution is 0.590. The van der Waals surface area contributed by atoms with E-state index < -0.39 is 0 Å². The van der Waals surface area contributed by atoms with E-state index in [4.69, 9.17) is 0 Å². The quantitative estimate of drug-likeness (QED) is 0.163. The van der Waals surface area contributed by atoms with E-state index in [0.717, 1.165) is 11.4 Å². The van der Waals surface area contributed by atoms with E-state index in [2.05, 4.69) is 258 Å². The Balaban J connectivity index is 1.19. The Morgan fingerprint density at radius 1 is 0.333 bits per heavy atom. The van der Waals surface area contributed by atoms with Gasteiger partial charge in [-0.1, -0.05) is 194 Å². The lowest BCUT2D eigenvalue weighted by Gasteiger charge is -2.42. The second kappa shape index (κ2) is 14.5. The van der Waals surface area contributed by atoms with Crippen LogP contribution in [0.2, 0.25) is 0 Å². The minimum atomic E-state index is -0.151. The molecule has 2 nitrogen and oxygen atoms in total.